The lowest BCUT2D eigenvalue weighted by atomic mass is 9.93. The van der Waals surface area contributed by atoms with Crippen LogP contribution >= 0.6 is 24.0 Å². The average Bonchev–Trinajstić information content (AvgIpc) is 2.55. The van der Waals surface area contributed by atoms with E-state index in [2.05, 4.69) is 41.3 Å². The Morgan fingerprint density at radius 3 is 2.38 bits per heavy atom. The zero-order chi connectivity index (χ0) is 16.7. The Hall–Kier alpha value is -0.120. The molecule has 3 N–H and O–H groups in total. The molecule has 142 valence electrons. The number of aliphatic hydroxyl groups excluding tert-OH is 1. The third-order valence-corrected chi connectivity index (χ3v) is 5.06. The van der Waals surface area contributed by atoms with E-state index < -0.39 is 0 Å². The van der Waals surface area contributed by atoms with Gasteiger partial charge in [0.25, 0.3) is 0 Å². The highest BCUT2D eigenvalue weighted by atomic mass is 127. The van der Waals surface area contributed by atoms with Crippen LogP contribution in [0.5, 0.6) is 0 Å². The summed E-state index contributed by atoms with van der Waals surface area (Å²) in [7, 11) is 2.19. The first kappa shape index (κ1) is 21.9. The Labute approximate surface area is 164 Å². The normalized spacial score (nSPS) is 28.1. The minimum atomic E-state index is -0.107. The van der Waals surface area contributed by atoms with E-state index in [9.17, 15) is 5.11 Å². The molecule has 24 heavy (non-hydrogen) atoms. The van der Waals surface area contributed by atoms with E-state index in [0.29, 0.717) is 12.1 Å². The van der Waals surface area contributed by atoms with Crippen molar-refractivity contribution in [2.75, 3.05) is 46.3 Å². The Kier molecular flexibility index (Phi) is 10.5. The number of halogens is 1. The molecule has 1 unspecified atom stereocenters. The zero-order valence-corrected chi connectivity index (χ0v) is 17.8. The number of nitrogens with one attached hydrogen (secondary N) is 2. The maximum atomic E-state index is 9.62. The van der Waals surface area contributed by atoms with Crippen molar-refractivity contribution in [1.82, 2.24) is 20.4 Å². The number of rotatable bonds is 5. The van der Waals surface area contributed by atoms with Gasteiger partial charge in [0.15, 0.2) is 5.96 Å². The van der Waals surface area contributed by atoms with E-state index in [-0.39, 0.29) is 30.1 Å². The first-order chi connectivity index (χ1) is 11.1. The van der Waals surface area contributed by atoms with E-state index in [4.69, 9.17) is 4.99 Å². The third-order valence-electron chi connectivity index (χ3n) is 5.06. The van der Waals surface area contributed by atoms with Gasteiger partial charge in [0.1, 0.15) is 0 Å². The first-order valence-electron chi connectivity index (χ1n) is 9.24. The highest BCUT2D eigenvalue weighted by Gasteiger charge is 2.21. The minimum Gasteiger partial charge on any atom is -0.393 e. The largest absolute Gasteiger partial charge is 0.393 e. The van der Waals surface area contributed by atoms with Crippen molar-refractivity contribution in [1.29, 1.82) is 0 Å². The van der Waals surface area contributed by atoms with Crippen molar-refractivity contribution in [2.24, 2.45) is 4.99 Å². The number of hydrogen-bond donors (Lipinski definition) is 3. The van der Waals surface area contributed by atoms with Crippen molar-refractivity contribution in [2.45, 2.75) is 57.7 Å². The monoisotopic (exact) mass is 453 g/mol. The molecule has 0 spiro atoms. The molecule has 0 aromatic heterocycles. The molecule has 1 aliphatic carbocycles. The highest BCUT2D eigenvalue weighted by Crippen LogP contribution is 2.18. The highest BCUT2D eigenvalue weighted by molar-refractivity contribution is 14.0. The number of nitrogens with zero attached hydrogens (tertiary/aromatic N) is 3. The van der Waals surface area contributed by atoms with Crippen molar-refractivity contribution in [3.05, 3.63) is 0 Å². The molecule has 1 heterocycles. The Bertz CT molecular complexity index is 366. The van der Waals surface area contributed by atoms with Crippen molar-refractivity contribution in [3.8, 4) is 0 Å². The van der Waals surface area contributed by atoms with Gasteiger partial charge in [0.2, 0.25) is 0 Å². The molecular weight excluding hydrogens is 417 g/mol. The maximum absolute atomic E-state index is 9.62. The molecule has 1 atom stereocenters. The summed E-state index contributed by atoms with van der Waals surface area (Å²) in [5.74, 6) is 0.926. The number of aliphatic imine (C=N–C) groups is 1. The van der Waals surface area contributed by atoms with Crippen LogP contribution < -0.4 is 10.6 Å². The summed E-state index contributed by atoms with van der Waals surface area (Å²) < 4.78 is 0. The molecule has 2 aliphatic rings. The number of hydrogen-bond acceptors (Lipinski definition) is 4. The lowest BCUT2D eigenvalue weighted by Gasteiger charge is -2.36. The zero-order valence-electron chi connectivity index (χ0n) is 15.5. The quantitative estimate of drug-likeness (QED) is 0.331. The molecule has 0 bridgehead atoms. The predicted octanol–water partition coefficient (Wildman–Crippen LogP) is 1.10. The lowest BCUT2D eigenvalue weighted by molar-refractivity contribution is 0.119. The summed E-state index contributed by atoms with van der Waals surface area (Å²) in [6, 6.07) is 0.919. The average molecular weight is 453 g/mol. The molecule has 0 radical (unpaired) electrons. The van der Waals surface area contributed by atoms with Gasteiger partial charge in [-0.2, -0.15) is 0 Å². The van der Waals surface area contributed by atoms with Crippen LogP contribution in [-0.4, -0.2) is 85.4 Å². The third kappa shape index (κ3) is 7.41. The molecule has 1 aliphatic heterocycles. The Morgan fingerprint density at radius 2 is 1.79 bits per heavy atom. The van der Waals surface area contributed by atoms with Gasteiger partial charge in [-0.05, 0) is 46.6 Å². The topological polar surface area (TPSA) is 63.1 Å². The van der Waals surface area contributed by atoms with Crippen LogP contribution in [0.2, 0.25) is 0 Å². The fourth-order valence-corrected chi connectivity index (χ4v) is 3.34. The SMILES string of the molecule is CCNC(=NCC(C)N1CCN(C)CC1)NC1CCC(O)CC1.I. The van der Waals surface area contributed by atoms with Gasteiger partial charge in [-0.3, -0.25) is 9.89 Å². The van der Waals surface area contributed by atoms with E-state index in [0.717, 1.165) is 70.9 Å². The standard InChI is InChI=1S/C17H35N5O.HI/c1-4-18-17(20-15-5-7-16(23)8-6-15)19-13-14(2)22-11-9-21(3)10-12-22;/h14-16,23H,4-13H2,1-3H3,(H2,18,19,20);1H. The molecule has 1 saturated heterocycles. The summed E-state index contributed by atoms with van der Waals surface area (Å²) in [6.45, 7) is 10.7. The van der Waals surface area contributed by atoms with Crippen LogP contribution in [0.3, 0.4) is 0 Å². The molecule has 6 nitrogen and oxygen atoms in total. The van der Waals surface area contributed by atoms with Gasteiger partial charge in [-0.25, -0.2) is 0 Å². The number of aliphatic hydroxyl groups is 1. The van der Waals surface area contributed by atoms with E-state index in [1.807, 2.05) is 0 Å². The summed E-state index contributed by atoms with van der Waals surface area (Å²) in [4.78, 5) is 9.71. The number of likely N-dealkylation sites (N-methyl/N-ethyl adjacent to an activating group) is 1. The summed E-state index contributed by atoms with van der Waals surface area (Å²) in [5.41, 5.74) is 0. The number of piperazine rings is 1. The van der Waals surface area contributed by atoms with Gasteiger partial charge in [-0.15, -0.1) is 24.0 Å². The summed E-state index contributed by atoms with van der Waals surface area (Å²) in [5, 5.41) is 16.5. The van der Waals surface area contributed by atoms with Gasteiger partial charge in [0, 0.05) is 44.8 Å². The summed E-state index contributed by atoms with van der Waals surface area (Å²) in [6.07, 6.45) is 3.74. The van der Waals surface area contributed by atoms with Gasteiger partial charge < -0.3 is 20.6 Å². The second-order valence-corrected chi connectivity index (χ2v) is 7.06. The molecule has 2 fully saturated rings. The van der Waals surface area contributed by atoms with Crippen LogP contribution in [0, 0.1) is 0 Å². The van der Waals surface area contributed by atoms with Gasteiger partial charge in [-0.1, -0.05) is 0 Å². The molecule has 1 saturated carbocycles. The smallest absolute Gasteiger partial charge is 0.191 e. The van der Waals surface area contributed by atoms with Gasteiger partial charge >= 0.3 is 0 Å². The van der Waals surface area contributed by atoms with Crippen LogP contribution in [0.1, 0.15) is 39.5 Å². The van der Waals surface area contributed by atoms with Crippen LogP contribution in [0.4, 0.5) is 0 Å². The van der Waals surface area contributed by atoms with Gasteiger partial charge in [0.05, 0.1) is 12.6 Å². The molecular formula is C17H36IN5O. The Morgan fingerprint density at radius 1 is 1.17 bits per heavy atom. The summed E-state index contributed by atoms with van der Waals surface area (Å²) >= 11 is 0. The first-order valence-corrected chi connectivity index (χ1v) is 9.24. The number of guanidine groups is 1. The van der Waals surface area contributed by atoms with E-state index in [1.165, 1.54) is 0 Å². The van der Waals surface area contributed by atoms with Crippen molar-refractivity contribution >= 4 is 29.9 Å². The van der Waals surface area contributed by atoms with Crippen molar-refractivity contribution in [3.63, 3.8) is 0 Å². The molecule has 0 amide bonds. The van der Waals surface area contributed by atoms with Crippen LogP contribution in [0.25, 0.3) is 0 Å². The fraction of sp³-hybridized carbons (Fsp3) is 0.941. The Balaban J connectivity index is 0.00000288. The minimum absolute atomic E-state index is 0. The lowest BCUT2D eigenvalue weighted by Crippen LogP contribution is -2.49. The second kappa shape index (κ2) is 11.5. The predicted molar refractivity (Wildman–Crippen MR) is 111 cm³/mol. The molecule has 2 rings (SSSR count). The second-order valence-electron chi connectivity index (χ2n) is 7.06. The van der Waals surface area contributed by atoms with Crippen LogP contribution in [0.15, 0.2) is 4.99 Å². The molecule has 7 heteroatoms. The van der Waals surface area contributed by atoms with E-state index in [1.54, 1.807) is 0 Å². The molecule has 0 aromatic rings. The maximum Gasteiger partial charge on any atom is 0.191 e. The van der Waals surface area contributed by atoms with Crippen LogP contribution in [-0.2, 0) is 0 Å². The fourth-order valence-electron chi connectivity index (χ4n) is 3.34. The molecule has 0 aromatic carbocycles. The van der Waals surface area contributed by atoms with E-state index >= 15 is 0 Å². The van der Waals surface area contributed by atoms with Crippen molar-refractivity contribution < 1.29 is 5.11 Å².